The molecule has 0 atom stereocenters. The van der Waals surface area contributed by atoms with Crippen LogP contribution in [0.25, 0.3) is 11.1 Å². The van der Waals surface area contributed by atoms with Crippen molar-refractivity contribution < 1.29 is 9.90 Å². The fourth-order valence-corrected chi connectivity index (χ4v) is 3.80. The summed E-state index contributed by atoms with van der Waals surface area (Å²) in [5.41, 5.74) is 2.53. The highest BCUT2D eigenvalue weighted by Gasteiger charge is 2.24. The zero-order chi connectivity index (χ0) is 21.8. The van der Waals surface area contributed by atoms with Gasteiger partial charge < -0.3 is 20.7 Å². The summed E-state index contributed by atoms with van der Waals surface area (Å²) in [6.07, 6.45) is 7.32. The van der Waals surface area contributed by atoms with Crippen LogP contribution >= 0.6 is 0 Å². The van der Waals surface area contributed by atoms with Crippen LogP contribution in [-0.2, 0) is 0 Å². The van der Waals surface area contributed by atoms with E-state index in [0.717, 1.165) is 37.1 Å². The summed E-state index contributed by atoms with van der Waals surface area (Å²) < 4.78 is 0. The maximum Gasteiger partial charge on any atom is 0.354 e. The van der Waals surface area contributed by atoms with Gasteiger partial charge in [0.2, 0.25) is 0 Å². The number of pyridine rings is 2. The molecule has 0 amide bonds. The van der Waals surface area contributed by atoms with Gasteiger partial charge in [0.15, 0.2) is 5.69 Å². The van der Waals surface area contributed by atoms with Crippen LogP contribution < -0.4 is 10.2 Å². The van der Waals surface area contributed by atoms with Gasteiger partial charge in [-0.3, -0.25) is 0 Å². The number of nitrogens with zero attached hydrogens (tertiary/aromatic N) is 3. The fourth-order valence-electron chi connectivity index (χ4n) is 3.80. The second kappa shape index (κ2) is 9.24. The Kier molecular flexibility index (Phi) is 6.70. The summed E-state index contributed by atoms with van der Waals surface area (Å²) in [7, 11) is 3.84. The minimum Gasteiger partial charge on any atom is -0.477 e. The molecule has 0 spiro atoms. The number of carbonyl (C=O) groups is 1. The minimum atomic E-state index is -1.08. The van der Waals surface area contributed by atoms with E-state index in [1.807, 2.05) is 45.0 Å². The molecule has 7 nitrogen and oxygen atoms in total. The normalized spacial score (nSPS) is 14.6. The average Bonchev–Trinajstić information content (AvgIpc) is 2.73. The van der Waals surface area contributed by atoms with Crippen LogP contribution in [0.15, 0.2) is 24.4 Å². The van der Waals surface area contributed by atoms with Crippen molar-refractivity contribution in [3.63, 3.8) is 0 Å². The summed E-state index contributed by atoms with van der Waals surface area (Å²) in [4.78, 5) is 22.6. The molecule has 7 heteroatoms. The predicted octanol–water partition coefficient (Wildman–Crippen LogP) is 4.68. The molecule has 2 aromatic rings. The molecule has 0 radical (unpaired) electrons. The van der Waals surface area contributed by atoms with E-state index in [1.165, 1.54) is 6.42 Å². The SMILES string of the molecule is CC(C)C(=N)c1c(-c2ccc(N(C)C)nc2)cc(C(=O)O)nc1NC1CCCCC1. The molecule has 1 aliphatic rings. The molecular formula is C23H31N5O2. The van der Waals surface area contributed by atoms with Gasteiger partial charge in [-0.1, -0.05) is 33.1 Å². The highest BCUT2D eigenvalue weighted by atomic mass is 16.4. The molecule has 160 valence electrons. The third-order valence-electron chi connectivity index (χ3n) is 5.55. The van der Waals surface area contributed by atoms with Crippen molar-refractivity contribution in [2.45, 2.75) is 52.0 Å². The molecule has 0 bridgehead atoms. The predicted molar refractivity (Wildman–Crippen MR) is 121 cm³/mol. The molecule has 0 unspecified atom stereocenters. The molecule has 1 aliphatic carbocycles. The van der Waals surface area contributed by atoms with E-state index in [0.29, 0.717) is 22.7 Å². The zero-order valence-electron chi connectivity index (χ0n) is 18.2. The third kappa shape index (κ3) is 4.78. The van der Waals surface area contributed by atoms with Crippen LogP contribution in [0.4, 0.5) is 11.6 Å². The van der Waals surface area contributed by atoms with Crippen molar-refractivity contribution in [2.24, 2.45) is 5.92 Å². The lowest BCUT2D eigenvalue weighted by Crippen LogP contribution is -2.26. The van der Waals surface area contributed by atoms with E-state index < -0.39 is 5.97 Å². The van der Waals surface area contributed by atoms with E-state index in [4.69, 9.17) is 5.41 Å². The first kappa shape index (κ1) is 21.7. The van der Waals surface area contributed by atoms with Crippen molar-refractivity contribution in [1.82, 2.24) is 9.97 Å². The summed E-state index contributed by atoms with van der Waals surface area (Å²) >= 11 is 0. The third-order valence-corrected chi connectivity index (χ3v) is 5.55. The van der Waals surface area contributed by atoms with E-state index in [9.17, 15) is 9.90 Å². The van der Waals surface area contributed by atoms with Gasteiger partial charge in [0, 0.05) is 43.2 Å². The summed E-state index contributed by atoms with van der Waals surface area (Å²) in [5, 5.41) is 21.9. The van der Waals surface area contributed by atoms with E-state index in [-0.39, 0.29) is 17.7 Å². The lowest BCUT2D eigenvalue weighted by Gasteiger charge is -2.26. The Morgan fingerprint density at radius 3 is 2.47 bits per heavy atom. The molecule has 2 heterocycles. The highest BCUT2D eigenvalue weighted by molar-refractivity contribution is 6.09. The van der Waals surface area contributed by atoms with Crippen molar-refractivity contribution in [1.29, 1.82) is 5.41 Å². The first-order valence-electron chi connectivity index (χ1n) is 10.6. The van der Waals surface area contributed by atoms with Crippen molar-refractivity contribution in [3.05, 3.63) is 35.7 Å². The summed E-state index contributed by atoms with van der Waals surface area (Å²) in [5.74, 6) is 0.199. The quantitative estimate of drug-likeness (QED) is 0.574. The molecule has 30 heavy (non-hydrogen) atoms. The molecule has 0 saturated heterocycles. The number of carboxylic acid groups (broad SMARTS) is 1. The smallest absolute Gasteiger partial charge is 0.354 e. The Hall–Kier alpha value is -2.96. The Labute approximate surface area is 178 Å². The number of anilines is 2. The fraction of sp³-hybridized carbons (Fsp3) is 0.478. The Bertz CT molecular complexity index is 916. The average molecular weight is 410 g/mol. The molecule has 0 aliphatic heterocycles. The Morgan fingerprint density at radius 1 is 1.23 bits per heavy atom. The van der Waals surface area contributed by atoms with Gasteiger partial charge in [-0.05, 0) is 42.5 Å². The number of rotatable bonds is 7. The van der Waals surface area contributed by atoms with E-state index in [2.05, 4.69) is 15.3 Å². The lowest BCUT2D eigenvalue weighted by molar-refractivity contribution is 0.0690. The molecule has 3 rings (SSSR count). The number of nitrogens with one attached hydrogen (secondary N) is 2. The molecular weight excluding hydrogens is 378 g/mol. The lowest BCUT2D eigenvalue weighted by atomic mass is 9.91. The van der Waals surface area contributed by atoms with Gasteiger partial charge >= 0.3 is 5.97 Å². The maximum atomic E-state index is 11.8. The van der Waals surface area contributed by atoms with Gasteiger partial charge in [-0.25, -0.2) is 14.8 Å². The molecule has 2 aromatic heterocycles. The number of aromatic carboxylic acids is 1. The Balaban J connectivity index is 2.16. The summed E-state index contributed by atoms with van der Waals surface area (Å²) in [6.45, 7) is 3.93. The van der Waals surface area contributed by atoms with Crippen molar-refractivity contribution in [3.8, 4) is 11.1 Å². The van der Waals surface area contributed by atoms with Crippen LogP contribution in [0.2, 0.25) is 0 Å². The first-order chi connectivity index (χ1) is 14.3. The van der Waals surface area contributed by atoms with Crippen LogP contribution in [0.3, 0.4) is 0 Å². The standard InChI is InChI=1S/C23H31N5O2/c1-14(2)21(24)20-17(15-10-11-19(25-13-15)28(3)4)12-18(23(29)30)27-22(20)26-16-8-6-5-7-9-16/h10-14,16,24H,5-9H2,1-4H3,(H,26,27)(H,29,30). The molecule has 1 saturated carbocycles. The van der Waals surface area contributed by atoms with Crippen LogP contribution in [0.5, 0.6) is 0 Å². The van der Waals surface area contributed by atoms with Gasteiger partial charge in [0.25, 0.3) is 0 Å². The zero-order valence-corrected chi connectivity index (χ0v) is 18.2. The maximum absolute atomic E-state index is 11.8. The van der Waals surface area contributed by atoms with Crippen LogP contribution in [0, 0.1) is 11.3 Å². The van der Waals surface area contributed by atoms with Gasteiger partial charge in [-0.15, -0.1) is 0 Å². The molecule has 3 N–H and O–H groups in total. The summed E-state index contributed by atoms with van der Waals surface area (Å²) in [6, 6.07) is 5.63. The molecule has 0 aromatic carbocycles. The number of hydrogen-bond donors (Lipinski definition) is 3. The van der Waals surface area contributed by atoms with E-state index >= 15 is 0 Å². The largest absolute Gasteiger partial charge is 0.477 e. The van der Waals surface area contributed by atoms with Crippen molar-refractivity contribution >= 4 is 23.3 Å². The monoisotopic (exact) mass is 409 g/mol. The highest BCUT2D eigenvalue weighted by Crippen LogP contribution is 2.33. The van der Waals surface area contributed by atoms with Crippen LogP contribution in [0.1, 0.15) is 62.0 Å². The minimum absolute atomic E-state index is 0.0258. The number of aromatic nitrogens is 2. The second-order valence-electron chi connectivity index (χ2n) is 8.43. The molecule has 1 fully saturated rings. The van der Waals surface area contributed by atoms with Crippen LogP contribution in [-0.4, -0.2) is 46.9 Å². The number of hydrogen-bond acceptors (Lipinski definition) is 6. The van der Waals surface area contributed by atoms with Gasteiger partial charge in [0.1, 0.15) is 11.6 Å². The van der Waals surface area contributed by atoms with Crippen molar-refractivity contribution in [2.75, 3.05) is 24.3 Å². The topological polar surface area (TPSA) is 102 Å². The number of carboxylic acids is 1. The van der Waals surface area contributed by atoms with Gasteiger partial charge in [-0.2, -0.15) is 0 Å². The first-order valence-corrected chi connectivity index (χ1v) is 10.6. The van der Waals surface area contributed by atoms with E-state index in [1.54, 1.807) is 12.3 Å². The second-order valence-corrected chi connectivity index (χ2v) is 8.43. The Morgan fingerprint density at radius 2 is 1.93 bits per heavy atom. The van der Waals surface area contributed by atoms with Gasteiger partial charge in [0.05, 0.1) is 0 Å².